The molecule has 0 spiro atoms. The quantitative estimate of drug-likeness (QED) is 0.451. The van der Waals surface area contributed by atoms with Gasteiger partial charge in [0.2, 0.25) is 0 Å². The van der Waals surface area contributed by atoms with Crippen LogP contribution in [-0.4, -0.2) is 38.9 Å². The van der Waals surface area contributed by atoms with Crippen LogP contribution in [0.4, 0.5) is 0 Å². The molecule has 4 heterocycles. The van der Waals surface area contributed by atoms with Gasteiger partial charge in [-0.05, 0) is 0 Å². The van der Waals surface area contributed by atoms with Gasteiger partial charge in [-0.15, -0.1) is 10.2 Å². The molecule has 0 saturated carbocycles. The molecule has 3 aliphatic rings. The summed E-state index contributed by atoms with van der Waals surface area (Å²) < 4.78 is 6.85. The summed E-state index contributed by atoms with van der Waals surface area (Å²) in [7, 11) is 0. The van der Waals surface area contributed by atoms with Gasteiger partial charge in [0.1, 0.15) is 12.7 Å². The molecule has 4 atom stereocenters. The average molecular weight is 232 g/mol. The van der Waals surface area contributed by atoms with Crippen molar-refractivity contribution in [2.75, 3.05) is 5.01 Å². The zero-order valence-electron chi connectivity index (χ0n) is 8.63. The van der Waals surface area contributed by atoms with Crippen LogP contribution in [-0.2, 0) is 14.3 Å². The molecule has 2 fully saturated rings. The second kappa shape index (κ2) is 2.80. The highest BCUT2D eigenvalue weighted by atomic mass is 16.5. The van der Waals surface area contributed by atoms with Crippen LogP contribution >= 0.6 is 0 Å². The first kappa shape index (κ1) is 9.06. The summed E-state index contributed by atoms with van der Waals surface area (Å²) in [6, 6.07) is 0. The Morgan fingerprint density at radius 3 is 2.06 bits per heavy atom. The number of hydrogen-bond donors (Lipinski definition) is 0. The summed E-state index contributed by atoms with van der Waals surface area (Å²) in [4.78, 5) is 24.4. The third-order valence-electron chi connectivity index (χ3n) is 3.52. The predicted octanol–water partition coefficient (Wildman–Crippen LogP) is -1.15. The average Bonchev–Trinajstić information content (AvgIpc) is 3.03. The van der Waals surface area contributed by atoms with Crippen LogP contribution in [0.2, 0.25) is 0 Å². The van der Waals surface area contributed by atoms with Crippen molar-refractivity contribution < 1.29 is 14.3 Å². The van der Waals surface area contributed by atoms with E-state index in [1.54, 1.807) is 0 Å². The summed E-state index contributed by atoms with van der Waals surface area (Å²) in [5, 5.41) is 8.31. The molecule has 1 aromatic rings. The van der Waals surface area contributed by atoms with E-state index in [1.807, 2.05) is 12.2 Å². The lowest BCUT2D eigenvalue weighted by Gasteiger charge is -2.16. The Morgan fingerprint density at radius 1 is 1.00 bits per heavy atom. The van der Waals surface area contributed by atoms with Gasteiger partial charge < -0.3 is 4.74 Å². The maximum Gasteiger partial charge on any atom is 0.255 e. The number of amides is 2. The molecule has 0 aromatic carbocycles. The van der Waals surface area contributed by atoms with E-state index in [1.165, 1.54) is 17.3 Å². The maximum absolute atomic E-state index is 12.2. The number of imide groups is 1. The van der Waals surface area contributed by atoms with Gasteiger partial charge in [0.05, 0.1) is 24.0 Å². The zero-order chi connectivity index (χ0) is 11.6. The van der Waals surface area contributed by atoms with Crippen molar-refractivity contribution in [1.82, 2.24) is 14.9 Å². The van der Waals surface area contributed by atoms with Gasteiger partial charge in [0.15, 0.2) is 0 Å². The topological polar surface area (TPSA) is 77.3 Å². The molecule has 3 aliphatic heterocycles. The number of aromatic nitrogens is 3. The van der Waals surface area contributed by atoms with Crippen LogP contribution in [0.3, 0.4) is 0 Å². The van der Waals surface area contributed by atoms with Gasteiger partial charge in [-0.1, -0.05) is 12.2 Å². The highest BCUT2D eigenvalue weighted by Gasteiger charge is 2.61. The highest BCUT2D eigenvalue weighted by molar-refractivity contribution is 6.17. The fourth-order valence-electron chi connectivity index (χ4n) is 2.81. The third-order valence-corrected chi connectivity index (χ3v) is 3.52. The Labute approximate surface area is 95.6 Å². The van der Waals surface area contributed by atoms with E-state index in [4.69, 9.17) is 4.74 Å². The molecule has 0 N–H and O–H groups in total. The number of rotatable bonds is 1. The van der Waals surface area contributed by atoms with Crippen molar-refractivity contribution >= 4 is 11.8 Å². The van der Waals surface area contributed by atoms with Crippen molar-refractivity contribution in [3.63, 3.8) is 0 Å². The molecular weight excluding hydrogens is 224 g/mol. The SMILES string of the molecule is O=C1[C@@H]2[C@H](C(=O)N1n1cnnc1)[C@@H]1C=C[C@H]2O1. The molecule has 7 nitrogen and oxygen atoms in total. The first-order valence-electron chi connectivity index (χ1n) is 5.34. The van der Waals surface area contributed by atoms with Gasteiger partial charge >= 0.3 is 0 Å². The predicted molar refractivity (Wildman–Crippen MR) is 53.0 cm³/mol. The second-order valence-corrected chi connectivity index (χ2v) is 4.33. The molecule has 7 heteroatoms. The Morgan fingerprint density at radius 2 is 1.53 bits per heavy atom. The summed E-state index contributed by atoms with van der Waals surface area (Å²) in [5.41, 5.74) is 0. The third kappa shape index (κ3) is 0.949. The van der Waals surface area contributed by atoms with Crippen LogP contribution in [0.25, 0.3) is 0 Å². The lowest BCUT2D eigenvalue weighted by atomic mass is 9.85. The number of ether oxygens (including phenoxy) is 1. The van der Waals surface area contributed by atoms with E-state index in [2.05, 4.69) is 10.2 Å². The number of carbonyl (C=O) groups is 2. The van der Waals surface area contributed by atoms with Crippen LogP contribution in [0.5, 0.6) is 0 Å². The van der Waals surface area contributed by atoms with Gasteiger partial charge in [-0.25, -0.2) is 4.68 Å². The highest BCUT2D eigenvalue weighted by Crippen LogP contribution is 2.44. The summed E-state index contributed by atoms with van der Waals surface area (Å²) in [5.74, 6) is -1.26. The van der Waals surface area contributed by atoms with Crippen LogP contribution in [0.1, 0.15) is 0 Å². The van der Waals surface area contributed by atoms with Crippen molar-refractivity contribution in [2.45, 2.75) is 12.2 Å². The number of hydrogen-bond acceptors (Lipinski definition) is 5. The normalized spacial score (nSPS) is 38.2. The smallest absolute Gasteiger partial charge is 0.255 e. The number of carbonyl (C=O) groups excluding carboxylic acids is 2. The molecule has 0 radical (unpaired) electrons. The van der Waals surface area contributed by atoms with Crippen LogP contribution < -0.4 is 5.01 Å². The summed E-state index contributed by atoms with van der Waals surface area (Å²) in [6.07, 6.45) is 5.87. The van der Waals surface area contributed by atoms with E-state index in [0.717, 1.165) is 5.01 Å². The second-order valence-electron chi connectivity index (χ2n) is 4.33. The molecule has 2 saturated heterocycles. The minimum atomic E-state index is -0.389. The zero-order valence-corrected chi connectivity index (χ0v) is 8.63. The molecular formula is C10H8N4O3. The fraction of sp³-hybridized carbons (Fsp3) is 0.400. The maximum atomic E-state index is 12.2. The van der Waals surface area contributed by atoms with Gasteiger partial charge in [0.25, 0.3) is 11.8 Å². The molecule has 2 bridgehead atoms. The monoisotopic (exact) mass is 232 g/mol. The fourth-order valence-corrected chi connectivity index (χ4v) is 2.81. The van der Waals surface area contributed by atoms with Crippen LogP contribution in [0, 0.1) is 11.8 Å². The van der Waals surface area contributed by atoms with Gasteiger partial charge in [-0.3, -0.25) is 9.59 Å². The minimum absolute atomic E-state index is 0.239. The molecule has 17 heavy (non-hydrogen) atoms. The van der Waals surface area contributed by atoms with Crippen molar-refractivity contribution in [1.29, 1.82) is 0 Å². The molecule has 86 valence electrons. The van der Waals surface area contributed by atoms with E-state index in [-0.39, 0.29) is 35.9 Å². The molecule has 2 amide bonds. The summed E-state index contributed by atoms with van der Waals surface area (Å²) >= 11 is 0. The van der Waals surface area contributed by atoms with Gasteiger partial charge in [0, 0.05) is 0 Å². The first-order chi connectivity index (χ1) is 8.27. The van der Waals surface area contributed by atoms with E-state index in [9.17, 15) is 9.59 Å². The van der Waals surface area contributed by atoms with E-state index in [0.29, 0.717) is 0 Å². The lowest BCUT2D eigenvalue weighted by molar-refractivity contribution is -0.127. The largest absolute Gasteiger partial charge is 0.365 e. The Balaban J connectivity index is 1.79. The first-order valence-corrected chi connectivity index (χ1v) is 5.34. The van der Waals surface area contributed by atoms with E-state index >= 15 is 0 Å². The number of nitrogens with zero attached hydrogens (tertiary/aromatic N) is 4. The molecule has 4 rings (SSSR count). The Hall–Kier alpha value is -2.02. The number of fused-ring (bicyclic) bond motifs is 5. The minimum Gasteiger partial charge on any atom is -0.365 e. The summed E-state index contributed by atoms with van der Waals surface area (Å²) in [6.45, 7) is 0. The molecule has 0 unspecified atom stereocenters. The van der Waals surface area contributed by atoms with Crippen molar-refractivity contribution in [2.24, 2.45) is 11.8 Å². The van der Waals surface area contributed by atoms with Crippen LogP contribution in [0.15, 0.2) is 24.8 Å². The molecule has 0 aliphatic carbocycles. The van der Waals surface area contributed by atoms with Crippen molar-refractivity contribution in [3.8, 4) is 0 Å². The standard InChI is InChI=1S/C10H8N4O3/c15-9-7-5-1-2-6(17-5)8(7)10(16)14(9)13-3-11-12-4-13/h1-8H/t5-,6+,7+,8-. The van der Waals surface area contributed by atoms with Crippen molar-refractivity contribution in [3.05, 3.63) is 24.8 Å². The van der Waals surface area contributed by atoms with E-state index < -0.39 is 0 Å². The Bertz CT molecular complexity index is 508. The lowest BCUT2D eigenvalue weighted by Crippen LogP contribution is -2.42. The van der Waals surface area contributed by atoms with Gasteiger partial charge in [-0.2, -0.15) is 5.01 Å². The Kier molecular flexibility index (Phi) is 1.49. The molecule has 1 aromatic heterocycles.